The Morgan fingerprint density at radius 3 is 0.562 bits per heavy atom. The molecule has 0 amide bonds. The Morgan fingerprint density at radius 2 is 0.375 bits per heavy atom. The molecule has 0 aliphatic carbocycles. The van der Waals surface area contributed by atoms with E-state index >= 15 is 0 Å². The van der Waals surface area contributed by atoms with Crippen molar-refractivity contribution in [3.8, 4) is 0 Å². The Morgan fingerprint density at radius 1 is 0.212 bits per heavy atom. The lowest BCUT2D eigenvalue weighted by molar-refractivity contribution is 0.221. The van der Waals surface area contributed by atoms with E-state index in [1.54, 1.807) is 0 Å². The minimum Gasteiger partial charge on any atom is -0.416 e. The molecule has 0 N–H and O–H groups in total. The third-order valence-corrected chi connectivity index (χ3v) is 40.5. The first-order valence-electron chi connectivity index (χ1n) is 29.7. The summed E-state index contributed by atoms with van der Waals surface area (Å²) >= 11 is 0. The molecule has 11 rings (SSSR count). The summed E-state index contributed by atoms with van der Waals surface area (Å²) in [6.45, 7) is 11.9. The summed E-state index contributed by atoms with van der Waals surface area (Å²) in [6, 6.07) is 82.1. The maximum absolute atomic E-state index is 8.09. The Kier molecular flexibility index (Phi) is 17.5. The fraction of sp³-hybridized carbons (Fsp3) is 0.286. The second kappa shape index (κ2) is 24.9. The predicted octanol–water partition coefficient (Wildman–Crippen LogP) is 19.4. The molecule has 0 bridgehead atoms. The Balaban J connectivity index is 0.972. The van der Waals surface area contributed by atoms with Crippen molar-refractivity contribution in [2.75, 3.05) is 0 Å². The van der Waals surface area contributed by atoms with Crippen LogP contribution in [0.25, 0.3) is 53.9 Å². The van der Waals surface area contributed by atoms with Gasteiger partial charge in [0.05, 0.1) is 0 Å². The van der Waals surface area contributed by atoms with E-state index in [1.165, 1.54) is 81.7 Å². The average Bonchev–Trinajstić information content (AvgIpc) is 3.46. The minimum atomic E-state index is -3.10. The normalized spacial score (nSPS) is 22.8. The van der Waals surface area contributed by atoms with Crippen molar-refractivity contribution in [1.29, 1.82) is 0 Å². The first-order chi connectivity index (χ1) is 38.8. The molecule has 1 aliphatic heterocycles. The van der Waals surface area contributed by atoms with Crippen molar-refractivity contribution in [2.45, 2.75) is 127 Å². The van der Waals surface area contributed by atoms with E-state index in [-0.39, 0.29) is 0 Å². The highest BCUT2D eigenvalue weighted by molar-refractivity contribution is 6.94. The lowest BCUT2D eigenvalue weighted by atomic mass is 10.0. The van der Waals surface area contributed by atoms with Gasteiger partial charge in [-0.3, -0.25) is 0 Å². The Bertz CT molecular complexity index is 3130. The lowest BCUT2D eigenvalue weighted by Crippen LogP contribution is -2.67. The fourth-order valence-corrected chi connectivity index (χ4v) is 42.6. The maximum atomic E-state index is 8.09. The standard InChI is InChI=1S/C70H80O5Si5/c1-76(51-21-41-61-36-16-31-56-26-6-11-46-66(56)61)71-77(2,52-22-42-62-37-17-32-57-27-7-12-47-67(57)62)73-79(4,54-24-44-64-39-19-34-59-29-9-14-49-69(59)64)75-80(5,55-25-45-65-40-20-35-60-30-10-15-50-70(60)65)74-78(3,72-76)53-23-43-63-38-18-33-58-28-8-13-48-68(58)63/h6-20,26-40,46-50H,21-25,41-45,51-55H2,1-5H3. The SMILES string of the molecule is C[Si]1(CCCc2cccc3ccccc23)O[Si](C)(CCCc2cccc3ccccc23)O[Si](C)(CCCc2cccc3ccccc23)O[Si](C)(CCCc2cccc3ccccc23)O[Si](C)(CCCc2cccc3ccccc23)O1. The molecule has 0 aromatic heterocycles. The van der Waals surface area contributed by atoms with Crippen LogP contribution in [0.2, 0.25) is 63.0 Å². The summed E-state index contributed by atoms with van der Waals surface area (Å²) in [4.78, 5) is 0. The van der Waals surface area contributed by atoms with Crippen LogP contribution in [0, 0.1) is 0 Å². The van der Waals surface area contributed by atoms with Gasteiger partial charge in [-0.1, -0.05) is 212 Å². The van der Waals surface area contributed by atoms with Gasteiger partial charge in [0, 0.05) is 0 Å². The highest BCUT2D eigenvalue weighted by Gasteiger charge is 2.56. The van der Waals surface area contributed by atoms with Crippen LogP contribution in [-0.2, 0) is 52.7 Å². The summed E-state index contributed by atoms with van der Waals surface area (Å²) < 4.78 is 40.5. The highest BCUT2D eigenvalue weighted by atomic mass is 28.5. The van der Waals surface area contributed by atoms with E-state index in [0.29, 0.717) is 0 Å². The van der Waals surface area contributed by atoms with Crippen LogP contribution >= 0.6 is 0 Å². The first-order valence-corrected chi connectivity index (χ1v) is 42.3. The van der Waals surface area contributed by atoms with Gasteiger partial charge in [-0.05, 0) is 209 Å². The average molecular weight is 1140 g/mol. The summed E-state index contributed by atoms with van der Waals surface area (Å²) in [5.74, 6) is 0. The monoisotopic (exact) mass is 1140 g/mol. The molecule has 1 heterocycles. The van der Waals surface area contributed by atoms with Crippen molar-refractivity contribution < 1.29 is 20.6 Å². The molecule has 0 unspecified atom stereocenters. The summed E-state index contributed by atoms with van der Waals surface area (Å²) in [6.07, 6.45) is 9.49. The topological polar surface area (TPSA) is 46.2 Å². The zero-order chi connectivity index (χ0) is 55.1. The molecule has 5 nitrogen and oxygen atoms in total. The van der Waals surface area contributed by atoms with Crippen LogP contribution in [0.4, 0.5) is 0 Å². The van der Waals surface area contributed by atoms with Gasteiger partial charge in [-0.15, -0.1) is 0 Å². The van der Waals surface area contributed by atoms with Crippen LogP contribution in [0.1, 0.15) is 59.9 Å². The minimum absolute atomic E-state index is 0.848. The number of benzene rings is 10. The van der Waals surface area contributed by atoms with Crippen LogP contribution in [0.5, 0.6) is 0 Å². The van der Waals surface area contributed by atoms with Gasteiger partial charge in [0.2, 0.25) is 0 Å². The van der Waals surface area contributed by atoms with Crippen molar-refractivity contribution in [3.05, 3.63) is 240 Å². The maximum Gasteiger partial charge on any atom is 0.317 e. The van der Waals surface area contributed by atoms with Crippen molar-refractivity contribution in [3.63, 3.8) is 0 Å². The number of hydrogen-bond acceptors (Lipinski definition) is 5. The predicted molar refractivity (Wildman–Crippen MR) is 349 cm³/mol. The van der Waals surface area contributed by atoms with Crippen LogP contribution in [0.3, 0.4) is 0 Å². The smallest absolute Gasteiger partial charge is 0.317 e. The van der Waals surface area contributed by atoms with Gasteiger partial charge >= 0.3 is 42.8 Å². The quantitative estimate of drug-likeness (QED) is 0.0712. The molecule has 0 atom stereocenters. The zero-order valence-electron chi connectivity index (χ0n) is 47.9. The van der Waals surface area contributed by atoms with E-state index < -0.39 is 42.8 Å². The molecular formula is C70H80O5Si5. The van der Waals surface area contributed by atoms with Crippen molar-refractivity contribution in [2.24, 2.45) is 0 Å². The summed E-state index contributed by atoms with van der Waals surface area (Å²) in [5, 5.41) is 13.1. The number of aryl methyl sites for hydroxylation is 5. The number of rotatable bonds is 20. The second-order valence-electron chi connectivity index (χ2n) is 23.6. The molecule has 1 fully saturated rings. The van der Waals surface area contributed by atoms with E-state index in [2.05, 4.69) is 245 Å². The molecule has 80 heavy (non-hydrogen) atoms. The van der Waals surface area contributed by atoms with E-state index in [1.807, 2.05) is 0 Å². The molecule has 10 aromatic rings. The lowest BCUT2D eigenvalue weighted by Gasteiger charge is -2.50. The van der Waals surface area contributed by atoms with E-state index in [4.69, 9.17) is 20.6 Å². The van der Waals surface area contributed by atoms with Crippen molar-refractivity contribution >= 4 is 96.7 Å². The third-order valence-electron chi connectivity index (χ3n) is 16.9. The molecule has 1 aliphatic rings. The molecule has 0 saturated carbocycles. The molecule has 10 heteroatoms. The summed E-state index contributed by atoms with van der Waals surface area (Å²) in [7, 11) is -15.5. The van der Waals surface area contributed by atoms with Gasteiger partial charge < -0.3 is 20.6 Å². The van der Waals surface area contributed by atoms with Gasteiger partial charge in [-0.25, -0.2) is 0 Å². The van der Waals surface area contributed by atoms with Crippen LogP contribution < -0.4 is 0 Å². The fourth-order valence-electron chi connectivity index (χ4n) is 13.5. The highest BCUT2D eigenvalue weighted by Crippen LogP contribution is 2.41. The molecule has 0 radical (unpaired) electrons. The molecular weight excluding hydrogens is 1060 g/mol. The van der Waals surface area contributed by atoms with Gasteiger partial charge in [-0.2, -0.15) is 0 Å². The summed E-state index contributed by atoms with van der Waals surface area (Å²) in [5.41, 5.74) is 6.89. The van der Waals surface area contributed by atoms with Gasteiger partial charge in [0.1, 0.15) is 0 Å². The van der Waals surface area contributed by atoms with E-state index in [0.717, 1.165) is 94.4 Å². The first kappa shape index (κ1) is 56.3. The van der Waals surface area contributed by atoms with E-state index in [9.17, 15) is 0 Å². The zero-order valence-corrected chi connectivity index (χ0v) is 52.9. The Hall–Kier alpha value is -5.62. The van der Waals surface area contributed by atoms with Gasteiger partial charge in [0.25, 0.3) is 0 Å². The molecule has 1 saturated heterocycles. The molecule has 410 valence electrons. The molecule has 10 aromatic carbocycles. The van der Waals surface area contributed by atoms with Crippen molar-refractivity contribution in [1.82, 2.24) is 0 Å². The van der Waals surface area contributed by atoms with Crippen LogP contribution in [0.15, 0.2) is 212 Å². The number of fused-ring (bicyclic) bond motifs is 5. The van der Waals surface area contributed by atoms with Gasteiger partial charge in [0.15, 0.2) is 0 Å². The third kappa shape index (κ3) is 13.6. The Labute approximate surface area is 481 Å². The second-order valence-corrected chi connectivity index (χ2v) is 41.6. The largest absolute Gasteiger partial charge is 0.416 e. The van der Waals surface area contributed by atoms with Crippen LogP contribution in [-0.4, -0.2) is 42.8 Å². The number of hydrogen-bond donors (Lipinski definition) is 0. The molecule has 0 spiro atoms.